The molecule has 0 saturated carbocycles. The van der Waals surface area contributed by atoms with Crippen molar-refractivity contribution in [3.8, 4) is 0 Å². The Bertz CT molecular complexity index is 1140. The van der Waals surface area contributed by atoms with E-state index in [0.29, 0.717) is 5.56 Å². The number of nitrogens with one attached hydrogen (secondary N) is 4. The topological polar surface area (TPSA) is 204 Å². The van der Waals surface area contributed by atoms with E-state index in [2.05, 4.69) is 33.6 Å². The normalized spacial score (nSPS) is 14.4. The Balaban J connectivity index is 2.30. The molecule has 0 aliphatic heterocycles. The molecular formula is C24H33N5O7S. The third-order valence-electron chi connectivity index (χ3n) is 5.60. The Labute approximate surface area is 219 Å². The van der Waals surface area contributed by atoms with E-state index >= 15 is 0 Å². The van der Waals surface area contributed by atoms with Crippen LogP contribution in [0.15, 0.2) is 30.5 Å². The first-order valence-corrected chi connectivity index (χ1v) is 12.3. The highest BCUT2D eigenvalue weighted by Gasteiger charge is 2.31. The number of aromatic amines is 1. The van der Waals surface area contributed by atoms with Crippen LogP contribution in [0.5, 0.6) is 0 Å². The summed E-state index contributed by atoms with van der Waals surface area (Å²) >= 11 is 3.97. The molecule has 8 N–H and O–H groups in total. The molecule has 202 valence electrons. The molecule has 1 aromatic heterocycles. The number of hydrogen-bond acceptors (Lipinski definition) is 7. The summed E-state index contributed by atoms with van der Waals surface area (Å²) in [6.45, 7) is 3.65. The summed E-state index contributed by atoms with van der Waals surface area (Å²) in [5, 5.41) is 26.5. The molecule has 0 spiro atoms. The molecular weight excluding hydrogens is 502 g/mol. The van der Waals surface area contributed by atoms with Gasteiger partial charge in [-0.2, -0.15) is 12.6 Å². The highest BCUT2D eigenvalue weighted by molar-refractivity contribution is 7.80. The molecule has 0 aliphatic rings. The highest BCUT2D eigenvalue weighted by atomic mass is 32.1. The molecule has 1 aromatic carbocycles. The molecule has 2 rings (SSSR count). The number of nitrogens with two attached hydrogens (primary N) is 1. The molecule has 0 radical (unpaired) electrons. The zero-order valence-electron chi connectivity index (χ0n) is 20.6. The molecule has 12 nitrogen and oxygen atoms in total. The molecule has 37 heavy (non-hydrogen) atoms. The lowest BCUT2D eigenvalue weighted by molar-refractivity contribution is -0.141. The lowest BCUT2D eigenvalue weighted by Crippen LogP contribution is -2.58. The molecule has 13 heteroatoms. The van der Waals surface area contributed by atoms with Gasteiger partial charge in [-0.15, -0.1) is 0 Å². The van der Waals surface area contributed by atoms with Gasteiger partial charge in [0.1, 0.15) is 18.1 Å². The van der Waals surface area contributed by atoms with Gasteiger partial charge < -0.3 is 36.9 Å². The molecule has 2 aromatic rings. The third kappa shape index (κ3) is 8.79. The Hall–Kier alpha value is -3.58. The lowest BCUT2D eigenvalue weighted by Gasteiger charge is -2.25. The number of amides is 3. The van der Waals surface area contributed by atoms with E-state index in [1.54, 1.807) is 6.20 Å². The maximum Gasteiger partial charge on any atom is 0.327 e. The molecule has 0 aliphatic carbocycles. The minimum absolute atomic E-state index is 0.0291. The van der Waals surface area contributed by atoms with Gasteiger partial charge in [0.25, 0.3) is 0 Å². The number of benzene rings is 1. The van der Waals surface area contributed by atoms with Crippen LogP contribution in [-0.4, -0.2) is 74.8 Å². The second kappa shape index (κ2) is 13.7. The number of rotatable bonds is 14. The van der Waals surface area contributed by atoms with Gasteiger partial charge in [0.15, 0.2) is 0 Å². The number of aliphatic carboxylic acids is 2. The van der Waals surface area contributed by atoms with Gasteiger partial charge in [0, 0.05) is 29.3 Å². The van der Waals surface area contributed by atoms with E-state index in [1.807, 2.05) is 38.1 Å². The minimum Gasteiger partial charge on any atom is -0.481 e. The molecule has 1 heterocycles. The first-order chi connectivity index (χ1) is 17.4. The fraction of sp³-hybridized carbons (Fsp3) is 0.458. The zero-order chi connectivity index (χ0) is 27.7. The number of H-pyrrole nitrogens is 1. The fourth-order valence-electron chi connectivity index (χ4n) is 3.72. The summed E-state index contributed by atoms with van der Waals surface area (Å²) in [6, 6.07) is 2.42. The number of hydrogen-bond donors (Lipinski definition) is 8. The van der Waals surface area contributed by atoms with Crippen LogP contribution in [0, 0.1) is 5.92 Å². The first-order valence-electron chi connectivity index (χ1n) is 11.7. The first kappa shape index (κ1) is 29.6. The Morgan fingerprint density at radius 2 is 1.54 bits per heavy atom. The van der Waals surface area contributed by atoms with Crippen molar-refractivity contribution in [2.24, 2.45) is 11.7 Å². The van der Waals surface area contributed by atoms with Gasteiger partial charge in [0.2, 0.25) is 17.7 Å². The number of carboxylic acids is 2. The van der Waals surface area contributed by atoms with Crippen LogP contribution in [0.3, 0.4) is 0 Å². The number of thiol groups is 1. The number of para-hydroxylation sites is 1. The van der Waals surface area contributed by atoms with Crippen molar-refractivity contribution in [3.63, 3.8) is 0 Å². The maximum absolute atomic E-state index is 13.3. The van der Waals surface area contributed by atoms with Crippen molar-refractivity contribution in [2.75, 3.05) is 5.75 Å². The van der Waals surface area contributed by atoms with E-state index in [9.17, 15) is 29.1 Å². The van der Waals surface area contributed by atoms with E-state index in [4.69, 9.17) is 10.8 Å². The number of carbonyl (C=O) groups is 5. The predicted octanol–water partition coefficient (Wildman–Crippen LogP) is 0.0273. The molecule has 0 bridgehead atoms. The fourth-order valence-corrected chi connectivity index (χ4v) is 3.97. The summed E-state index contributed by atoms with van der Waals surface area (Å²) in [5.41, 5.74) is 7.16. The number of carbonyl (C=O) groups excluding carboxylic acids is 3. The van der Waals surface area contributed by atoms with Crippen LogP contribution in [-0.2, 0) is 30.4 Å². The smallest absolute Gasteiger partial charge is 0.327 e. The predicted molar refractivity (Wildman–Crippen MR) is 139 cm³/mol. The average molecular weight is 536 g/mol. The summed E-state index contributed by atoms with van der Waals surface area (Å²) in [6.07, 6.45) is 1.30. The van der Waals surface area contributed by atoms with Gasteiger partial charge in [-0.3, -0.25) is 19.2 Å². The molecule has 4 unspecified atom stereocenters. The van der Waals surface area contributed by atoms with Crippen LogP contribution < -0.4 is 21.7 Å². The maximum atomic E-state index is 13.3. The molecule has 3 amide bonds. The molecule has 0 saturated heterocycles. The van der Waals surface area contributed by atoms with E-state index in [1.165, 1.54) is 0 Å². The number of fused-ring (bicyclic) bond motifs is 1. The van der Waals surface area contributed by atoms with Crippen LogP contribution in [0.2, 0.25) is 0 Å². The van der Waals surface area contributed by atoms with Crippen molar-refractivity contribution in [2.45, 2.75) is 57.3 Å². The zero-order valence-corrected chi connectivity index (χ0v) is 21.5. The highest BCUT2D eigenvalue weighted by Crippen LogP contribution is 2.19. The van der Waals surface area contributed by atoms with Gasteiger partial charge >= 0.3 is 11.9 Å². The number of carboxylic acid groups (broad SMARTS) is 2. The second-order valence-electron chi connectivity index (χ2n) is 9.10. The van der Waals surface area contributed by atoms with Crippen molar-refractivity contribution in [1.29, 1.82) is 0 Å². The summed E-state index contributed by atoms with van der Waals surface area (Å²) < 4.78 is 0. The van der Waals surface area contributed by atoms with Gasteiger partial charge in [-0.1, -0.05) is 32.0 Å². The van der Waals surface area contributed by atoms with Crippen LogP contribution in [0.25, 0.3) is 10.9 Å². The van der Waals surface area contributed by atoms with E-state index in [-0.39, 0.29) is 24.5 Å². The summed E-state index contributed by atoms with van der Waals surface area (Å²) in [4.78, 5) is 64.2. The Morgan fingerprint density at radius 3 is 2.14 bits per heavy atom. The number of aromatic nitrogens is 1. The van der Waals surface area contributed by atoms with Crippen LogP contribution >= 0.6 is 12.6 Å². The molecule has 4 atom stereocenters. The second-order valence-corrected chi connectivity index (χ2v) is 9.47. The van der Waals surface area contributed by atoms with Crippen molar-refractivity contribution < 1.29 is 34.2 Å². The monoisotopic (exact) mass is 535 g/mol. The standard InChI is InChI=1S/C24H33N5O7S/c1-12(2)7-17(27-21(32)15(25)9-20(30)31)22(33)28-18(23(34)29-19(11-37)24(35)36)8-13-10-26-16-6-4-3-5-14(13)16/h3-6,10,12,15,17-19,26,37H,7-9,11,25H2,1-2H3,(H,27,32)(H,28,33)(H,29,34)(H,30,31)(H,35,36). The summed E-state index contributed by atoms with van der Waals surface area (Å²) in [5.74, 6) is -5.00. The quantitative estimate of drug-likeness (QED) is 0.155. The van der Waals surface area contributed by atoms with Crippen molar-refractivity contribution in [3.05, 3.63) is 36.0 Å². The Morgan fingerprint density at radius 1 is 0.946 bits per heavy atom. The summed E-state index contributed by atoms with van der Waals surface area (Å²) in [7, 11) is 0. The van der Waals surface area contributed by atoms with Crippen LogP contribution in [0.4, 0.5) is 0 Å². The van der Waals surface area contributed by atoms with Gasteiger partial charge in [0.05, 0.1) is 12.5 Å². The average Bonchev–Trinajstić information content (AvgIpc) is 3.23. The lowest BCUT2D eigenvalue weighted by atomic mass is 10.00. The van der Waals surface area contributed by atoms with Gasteiger partial charge in [-0.05, 0) is 24.0 Å². The Kier molecular flexibility index (Phi) is 10.9. The van der Waals surface area contributed by atoms with Crippen molar-refractivity contribution in [1.82, 2.24) is 20.9 Å². The van der Waals surface area contributed by atoms with Crippen LogP contribution in [0.1, 0.15) is 32.3 Å². The molecule has 0 fully saturated rings. The third-order valence-corrected chi connectivity index (χ3v) is 5.97. The van der Waals surface area contributed by atoms with Gasteiger partial charge in [-0.25, -0.2) is 4.79 Å². The minimum atomic E-state index is -1.36. The van der Waals surface area contributed by atoms with Crippen molar-refractivity contribution >= 4 is 53.2 Å². The SMILES string of the molecule is CC(C)CC(NC(=O)C(N)CC(=O)O)C(=O)NC(Cc1c[nH]c2ccccc12)C(=O)NC(CS)C(=O)O. The largest absolute Gasteiger partial charge is 0.481 e. The van der Waals surface area contributed by atoms with E-state index in [0.717, 1.165) is 10.9 Å². The van der Waals surface area contributed by atoms with E-state index < -0.39 is 60.2 Å².